The Morgan fingerprint density at radius 3 is 2.00 bits per heavy atom. The van der Waals surface area contributed by atoms with Crippen molar-refractivity contribution in [2.75, 3.05) is 0 Å². The molecule has 0 saturated carbocycles. The Kier molecular flexibility index (Phi) is 2.86. The van der Waals surface area contributed by atoms with E-state index in [4.69, 9.17) is 0 Å². The van der Waals surface area contributed by atoms with Crippen molar-refractivity contribution in [3.05, 3.63) is 85.5 Å². The lowest BCUT2D eigenvalue weighted by Gasteiger charge is -2.07. The molecule has 0 heterocycles. The molecule has 0 fully saturated rings. The second-order valence-corrected chi connectivity index (χ2v) is 5.52. The first kappa shape index (κ1) is 13.7. The maximum atomic E-state index is 12.4. The molecule has 0 amide bonds. The molecule has 0 radical (unpaired) electrons. The zero-order valence-corrected chi connectivity index (χ0v) is 11.9. The van der Waals surface area contributed by atoms with Gasteiger partial charge in [0.15, 0.2) is 11.1 Å². The van der Waals surface area contributed by atoms with Crippen LogP contribution in [0.4, 0.5) is 0 Å². The Bertz CT molecular complexity index is 1060. The molecule has 3 aromatic carbocycles. The van der Waals surface area contributed by atoms with Crippen LogP contribution in [0.1, 0.15) is 22.0 Å². The normalized spacial score (nSPS) is 20.0. The summed E-state index contributed by atoms with van der Waals surface area (Å²) in [7, 11) is 0. The minimum Gasteiger partial charge on any atom is -0.386 e. The molecule has 1 aliphatic rings. The molecular formula is C18H11NO4. The largest absolute Gasteiger partial charge is 0.386 e. The SMILES string of the molecule is O=C1c2ccccc2[C@H](O)[C@@H]1N=c1c(=O)c2ccccc2c1=O. The Balaban J connectivity index is 1.95. The summed E-state index contributed by atoms with van der Waals surface area (Å²) in [6.45, 7) is 0. The summed E-state index contributed by atoms with van der Waals surface area (Å²) in [6, 6.07) is 12.0. The summed E-state index contributed by atoms with van der Waals surface area (Å²) >= 11 is 0. The molecule has 3 aromatic rings. The summed E-state index contributed by atoms with van der Waals surface area (Å²) in [5.41, 5.74) is -0.143. The van der Waals surface area contributed by atoms with Crippen LogP contribution in [0.5, 0.6) is 0 Å². The Morgan fingerprint density at radius 1 is 0.826 bits per heavy atom. The van der Waals surface area contributed by atoms with Crippen LogP contribution in [-0.2, 0) is 0 Å². The van der Waals surface area contributed by atoms with E-state index in [1.54, 1.807) is 48.5 Å². The molecule has 0 spiro atoms. The van der Waals surface area contributed by atoms with Gasteiger partial charge in [-0.3, -0.25) is 19.4 Å². The monoisotopic (exact) mass is 305 g/mol. The third-order valence-electron chi connectivity index (χ3n) is 4.23. The minimum atomic E-state index is -1.15. The number of fused-ring (bicyclic) bond motifs is 2. The van der Waals surface area contributed by atoms with E-state index in [9.17, 15) is 19.5 Å². The predicted molar refractivity (Wildman–Crippen MR) is 83.9 cm³/mol. The number of rotatable bonds is 1. The van der Waals surface area contributed by atoms with Crippen molar-refractivity contribution in [3.63, 3.8) is 0 Å². The highest BCUT2D eigenvalue weighted by atomic mass is 16.3. The van der Waals surface area contributed by atoms with Gasteiger partial charge in [-0.1, -0.05) is 48.5 Å². The predicted octanol–water partition coefficient (Wildman–Crippen LogP) is 0.635. The van der Waals surface area contributed by atoms with E-state index in [1.807, 2.05) is 0 Å². The van der Waals surface area contributed by atoms with E-state index >= 15 is 0 Å². The van der Waals surface area contributed by atoms with Crippen LogP contribution >= 0.6 is 0 Å². The number of benzene rings is 2. The number of carbonyl (C=O) groups is 1. The second kappa shape index (κ2) is 4.79. The molecule has 0 bridgehead atoms. The molecule has 1 aliphatic carbocycles. The first-order valence-electron chi connectivity index (χ1n) is 7.17. The standard InChI is InChI=1S/C18H11NO4/c20-15-9-5-1-2-6-10(9)16(21)13(15)19-14-17(22)11-7-3-4-8-12(11)18(14)23/h1-8,13,15,20H/t13-,15-/m0/s1. The van der Waals surface area contributed by atoms with Crippen LogP contribution in [0.15, 0.2) is 63.1 Å². The molecule has 0 saturated heterocycles. The number of nitrogens with zero attached hydrogens (tertiary/aromatic N) is 1. The van der Waals surface area contributed by atoms with Gasteiger partial charge in [0, 0.05) is 16.3 Å². The number of ketones is 1. The lowest BCUT2D eigenvalue weighted by Crippen LogP contribution is -2.35. The zero-order valence-electron chi connectivity index (χ0n) is 11.9. The lowest BCUT2D eigenvalue weighted by atomic mass is 10.1. The van der Waals surface area contributed by atoms with Gasteiger partial charge in [0.25, 0.3) is 0 Å². The fourth-order valence-corrected chi connectivity index (χ4v) is 3.08. The number of aliphatic hydroxyl groups excluding tert-OH is 1. The number of Topliss-reactive ketones (excluding diaryl/α,β-unsaturated/α-hetero) is 1. The van der Waals surface area contributed by atoms with E-state index in [-0.39, 0.29) is 21.9 Å². The molecule has 1 N–H and O–H groups in total. The van der Waals surface area contributed by atoms with Crippen molar-refractivity contribution in [1.29, 1.82) is 0 Å². The first-order valence-corrected chi connectivity index (χ1v) is 7.17. The van der Waals surface area contributed by atoms with Crippen molar-refractivity contribution in [1.82, 2.24) is 0 Å². The molecule has 0 aromatic heterocycles. The van der Waals surface area contributed by atoms with Gasteiger partial charge in [-0.2, -0.15) is 0 Å². The number of hydrogen-bond donors (Lipinski definition) is 1. The first-order chi connectivity index (χ1) is 11.1. The van der Waals surface area contributed by atoms with Gasteiger partial charge in [0.2, 0.25) is 10.9 Å². The zero-order chi connectivity index (χ0) is 16.1. The van der Waals surface area contributed by atoms with Crippen LogP contribution in [0.25, 0.3) is 10.8 Å². The van der Waals surface area contributed by atoms with Crippen LogP contribution in [0.3, 0.4) is 0 Å². The molecule has 5 heteroatoms. The van der Waals surface area contributed by atoms with E-state index < -0.39 is 23.0 Å². The Labute approximate surface area is 129 Å². The average Bonchev–Trinajstić information content (AvgIpc) is 2.97. The molecule has 4 rings (SSSR count). The second-order valence-electron chi connectivity index (χ2n) is 5.52. The molecule has 5 nitrogen and oxygen atoms in total. The maximum absolute atomic E-state index is 12.4. The number of carbonyl (C=O) groups excluding carboxylic acids is 1. The van der Waals surface area contributed by atoms with Crippen LogP contribution in [-0.4, -0.2) is 16.9 Å². The molecule has 0 aliphatic heterocycles. The maximum Gasteiger partial charge on any atom is 0.215 e. The van der Waals surface area contributed by atoms with Crippen molar-refractivity contribution >= 4 is 16.6 Å². The highest BCUT2D eigenvalue weighted by Crippen LogP contribution is 2.32. The van der Waals surface area contributed by atoms with Gasteiger partial charge in [-0.05, 0) is 5.56 Å². The molecular weight excluding hydrogens is 294 g/mol. The fourth-order valence-electron chi connectivity index (χ4n) is 3.08. The summed E-state index contributed by atoms with van der Waals surface area (Å²) < 4.78 is 0. The minimum absolute atomic E-state index is 0.281. The number of hydrogen-bond acceptors (Lipinski definition) is 5. The van der Waals surface area contributed by atoms with E-state index in [0.717, 1.165) is 0 Å². The van der Waals surface area contributed by atoms with Gasteiger partial charge in [-0.15, -0.1) is 0 Å². The topological polar surface area (TPSA) is 83.8 Å². The fraction of sp³-hybridized carbons (Fsp3) is 0.111. The van der Waals surface area contributed by atoms with E-state index in [1.165, 1.54) is 0 Å². The Morgan fingerprint density at radius 2 is 1.39 bits per heavy atom. The summed E-state index contributed by atoms with van der Waals surface area (Å²) in [6.07, 6.45) is -1.14. The third kappa shape index (κ3) is 1.83. The highest BCUT2D eigenvalue weighted by molar-refractivity contribution is 6.05. The summed E-state index contributed by atoms with van der Waals surface area (Å²) in [4.78, 5) is 41.1. The third-order valence-corrected chi connectivity index (χ3v) is 4.23. The van der Waals surface area contributed by atoms with Crippen LogP contribution < -0.4 is 16.2 Å². The Hall–Kier alpha value is -2.92. The van der Waals surface area contributed by atoms with Crippen molar-refractivity contribution in [2.45, 2.75) is 12.1 Å². The quantitative estimate of drug-likeness (QED) is 0.715. The van der Waals surface area contributed by atoms with Gasteiger partial charge in [0.05, 0.1) is 0 Å². The lowest BCUT2D eigenvalue weighted by molar-refractivity contribution is 0.0877. The average molecular weight is 305 g/mol. The molecule has 23 heavy (non-hydrogen) atoms. The molecule has 0 unspecified atom stereocenters. The summed E-state index contributed by atoms with van der Waals surface area (Å²) in [5.74, 6) is -0.378. The molecule has 2 atom stereocenters. The van der Waals surface area contributed by atoms with Crippen molar-refractivity contribution in [2.24, 2.45) is 4.99 Å². The van der Waals surface area contributed by atoms with Gasteiger partial charge < -0.3 is 5.11 Å². The van der Waals surface area contributed by atoms with Gasteiger partial charge in [-0.25, -0.2) is 0 Å². The highest BCUT2D eigenvalue weighted by Gasteiger charge is 2.38. The van der Waals surface area contributed by atoms with Crippen LogP contribution in [0, 0.1) is 0 Å². The van der Waals surface area contributed by atoms with Gasteiger partial charge in [0.1, 0.15) is 12.1 Å². The van der Waals surface area contributed by atoms with Crippen molar-refractivity contribution < 1.29 is 9.90 Å². The van der Waals surface area contributed by atoms with Crippen molar-refractivity contribution in [3.8, 4) is 0 Å². The summed E-state index contributed by atoms with van der Waals surface area (Å²) in [5, 5.41) is 10.6. The van der Waals surface area contributed by atoms with Crippen LogP contribution in [0.2, 0.25) is 0 Å². The van der Waals surface area contributed by atoms with E-state index in [0.29, 0.717) is 11.1 Å². The smallest absolute Gasteiger partial charge is 0.215 e. The van der Waals surface area contributed by atoms with E-state index in [2.05, 4.69) is 4.99 Å². The van der Waals surface area contributed by atoms with Gasteiger partial charge >= 0.3 is 0 Å². The number of aliphatic hydroxyl groups is 1. The molecule has 112 valence electrons.